The van der Waals surface area contributed by atoms with Crippen LogP contribution in [0.4, 0.5) is 5.13 Å². The zero-order valence-electron chi connectivity index (χ0n) is 18.2. The van der Waals surface area contributed by atoms with Gasteiger partial charge in [0, 0.05) is 19.0 Å². The van der Waals surface area contributed by atoms with E-state index in [2.05, 4.69) is 28.9 Å². The molecule has 1 aliphatic carbocycles. The van der Waals surface area contributed by atoms with Crippen molar-refractivity contribution in [2.45, 2.75) is 57.5 Å². The summed E-state index contributed by atoms with van der Waals surface area (Å²) in [5.41, 5.74) is 1.95. The van der Waals surface area contributed by atoms with Crippen LogP contribution < -0.4 is 10.0 Å². The van der Waals surface area contributed by atoms with Gasteiger partial charge in [0.25, 0.3) is 5.91 Å². The third-order valence-corrected chi connectivity index (χ3v) is 8.70. The minimum Gasteiger partial charge on any atom is -0.329 e. The Labute approximate surface area is 186 Å². The highest BCUT2D eigenvalue weighted by molar-refractivity contribution is 7.89. The van der Waals surface area contributed by atoms with Crippen molar-refractivity contribution in [3.05, 3.63) is 29.0 Å². The molecule has 0 saturated heterocycles. The summed E-state index contributed by atoms with van der Waals surface area (Å²) in [6.45, 7) is 7.69. The van der Waals surface area contributed by atoms with Crippen LogP contribution >= 0.6 is 11.3 Å². The Morgan fingerprint density at radius 3 is 2.55 bits per heavy atom. The van der Waals surface area contributed by atoms with Crippen LogP contribution in [-0.4, -0.2) is 42.7 Å². The molecule has 1 saturated carbocycles. The standard InChI is InChI=1S/C21H26N4O4S2/c1-11-18(30-20(23-11)24-12(2)26)13-8-14-10-25(21(3,4)15-6-7-15)19(27)17(14)16(9-13)31(28,29)22-5/h8-9,15,22H,6-7,10H2,1-5H3,(H,23,24,26). The minimum absolute atomic E-state index is 0.0181. The molecule has 1 aliphatic heterocycles. The summed E-state index contributed by atoms with van der Waals surface area (Å²) in [6.07, 6.45) is 2.15. The van der Waals surface area contributed by atoms with Crippen molar-refractivity contribution < 1.29 is 18.0 Å². The fourth-order valence-electron chi connectivity index (χ4n) is 4.21. The van der Waals surface area contributed by atoms with Gasteiger partial charge in [0.2, 0.25) is 15.9 Å². The monoisotopic (exact) mass is 462 g/mol. The molecular formula is C21H26N4O4S2. The average molecular weight is 463 g/mol. The molecule has 0 bridgehead atoms. The van der Waals surface area contributed by atoms with Gasteiger partial charge in [0.05, 0.1) is 21.0 Å². The van der Waals surface area contributed by atoms with Gasteiger partial charge in [-0.05, 0) is 69.8 Å². The number of aromatic nitrogens is 1. The van der Waals surface area contributed by atoms with Crippen molar-refractivity contribution in [1.82, 2.24) is 14.6 Å². The largest absolute Gasteiger partial charge is 0.329 e. The predicted molar refractivity (Wildman–Crippen MR) is 120 cm³/mol. The molecule has 4 rings (SSSR count). The van der Waals surface area contributed by atoms with Gasteiger partial charge >= 0.3 is 0 Å². The summed E-state index contributed by atoms with van der Waals surface area (Å²) in [7, 11) is -2.53. The van der Waals surface area contributed by atoms with Crippen molar-refractivity contribution in [2.75, 3.05) is 12.4 Å². The second-order valence-electron chi connectivity index (χ2n) is 8.65. The molecule has 8 nitrogen and oxygen atoms in total. The van der Waals surface area contributed by atoms with Crippen molar-refractivity contribution in [3.63, 3.8) is 0 Å². The molecule has 1 fully saturated rings. The van der Waals surface area contributed by atoms with E-state index in [-0.39, 0.29) is 27.8 Å². The van der Waals surface area contributed by atoms with E-state index in [1.165, 1.54) is 31.4 Å². The first-order valence-electron chi connectivity index (χ1n) is 10.1. The van der Waals surface area contributed by atoms with Crippen molar-refractivity contribution >= 4 is 38.3 Å². The maximum absolute atomic E-state index is 13.4. The van der Waals surface area contributed by atoms with E-state index in [1.54, 1.807) is 4.90 Å². The van der Waals surface area contributed by atoms with Crippen LogP contribution in [0.5, 0.6) is 0 Å². The molecule has 0 unspecified atom stereocenters. The van der Waals surface area contributed by atoms with Crippen LogP contribution in [0.25, 0.3) is 10.4 Å². The van der Waals surface area contributed by atoms with Gasteiger partial charge in [0.15, 0.2) is 5.13 Å². The number of thiazole rings is 1. The number of aryl methyl sites for hydroxylation is 1. The second kappa shape index (κ2) is 7.39. The third-order valence-electron chi connectivity index (χ3n) is 6.14. The maximum atomic E-state index is 13.4. The highest BCUT2D eigenvalue weighted by Crippen LogP contribution is 2.47. The average Bonchev–Trinajstić information content (AvgIpc) is 3.42. The number of carbonyl (C=O) groups excluding carboxylic acids is 2. The van der Waals surface area contributed by atoms with Crippen molar-refractivity contribution in [2.24, 2.45) is 5.92 Å². The molecular weight excluding hydrogens is 436 g/mol. The zero-order valence-corrected chi connectivity index (χ0v) is 19.8. The highest BCUT2D eigenvalue weighted by Gasteiger charge is 2.48. The van der Waals surface area contributed by atoms with Gasteiger partial charge in [0.1, 0.15) is 0 Å². The highest BCUT2D eigenvalue weighted by atomic mass is 32.2. The quantitative estimate of drug-likeness (QED) is 0.686. The van der Waals surface area contributed by atoms with Crippen molar-refractivity contribution in [3.8, 4) is 10.4 Å². The maximum Gasteiger partial charge on any atom is 0.256 e. The molecule has 0 atom stereocenters. The SMILES string of the molecule is CNS(=O)(=O)c1cc(-c2sc(NC(C)=O)nc2C)cc2c1C(=O)N(C(C)(C)C1CC1)C2. The molecule has 2 aliphatic rings. The number of nitrogens with zero attached hydrogens (tertiary/aromatic N) is 2. The number of amides is 2. The van der Waals surface area contributed by atoms with Gasteiger partial charge in [-0.25, -0.2) is 18.1 Å². The van der Waals surface area contributed by atoms with E-state index >= 15 is 0 Å². The summed E-state index contributed by atoms with van der Waals surface area (Å²) >= 11 is 1.28. The van der Waals surface area contributed by atoms with Gasteiger partial charge in [-0.1, -0.05) is 11.3 Å². The van der Waals surface area contributed by atoms with E-state index in [0.717, 1.165) is 17.7 Å². The summed E-state index contributed by atoms with van der Waals surface area (Å²) in [6, 6.07) is 3.41. The van der Waals surface area contributed by atoms with Gasteiger partial charge in [-0.15, -0.1) is 0 Å². The first-order valence-corrected chi connectivity index (χ1v) is 12.4. The third kappa shape index (κ3) is 3.77. The number of hydrogen-bond acceptors (Lipinski definition) is 6. The molecule has 2 amide bonds. The molecule has 0 spiro atoms. The number of anilines is 1. The van der Waals surface area contributed by atoms with E-state index in [0.29, 0.717) is 34.4 Å². The van der Waals surface area contributed by atoms with Crippen molar-refractivity contribution in [1.29, 1.82) is 0 Å². The van der Waals surface area contributed by atoms with Crippen LogP contribution in [-0.2, 0) is 21.4 Å². The minimum atomic E-state index is -3.87. The topological polar surface area (TPSA) is 108 Å². The molecule has 0 radical (unpaired) electrons. The van der Waals surface area contributed by atoms with E-state index in [4.69, 9.17) is 0 Å². The first kappa shape index (κ1) is 21.9. The Morgan fingerprint density at radius 1 is 1.29 bits per heavy atom. The Bertz CT molecular complexity index is 1200. The van der Waals surface area contributed by atoms with Crippen LogP contribution in [0.2, 0.25) is 0 Å². The Hall–Kier alpha value is -2.30. The smallest absolute Gasteiger partial charge is 0.256 e. The number of fused-ring (bicyclic) bond motifs is 1. The van der Waals surface area contributed by atoms with Crippen LogP contribution in [0, 0.1) is 12.8 Å². The number of benzene rings is 1. The number of rotatable bonds is 6. The van der Waals surface area contributed by atoms with Crippen LogP contribution in [0.1, 0.15) is 55.2 Å². The Kier molecular flexibility index (Phi) is 5.22. The Balaban J connectivity index is 1.86. The fraction of sp³-hybridized carbons (Fsp3) is 0.476. The fourth-order valence-corrected chi connectivity index (χ4v) is 6.20. The number of hydrogen-bond donors (Lipinski definition) is 2. The molecule has 166 valence electrons. The van der Waals surface area contributed by atoms with Gasteiger partial charge in [-0.2, -0.15) is 0 Å². The van der Waals surface area contributed by atoms with Crippen LogP contribution in [0.15, 0.2) is 17.0 Å². The molecule has 2 heterocycles. The lowest BCUT2D eigenvalue weighted by Crippen LogP contribution is -2.45. The predicted octanol–water partition coefficient (Wildman–Crippen LogP) is 3.13. The van der Waals surface area contributed by atoms with E-state index < -0.39 is 10.0 Å². The molecule has 2 aromatic rings. The lowest BCUT2D eigenvalue weighted by molar-refractivity contribution is -0.114. The summed E-state index contributed by atoms with van der Waals surface area (Å²) < 4.78 is 28.1. The molecule has 2 N–H and O–H groups in total. The number of sulfonamides is 1. The number of nitrogens with one attached hydrogen (secondary N) is 2. The molecule has 31 heavy (non-hydrogen) atoms. The van der Waals surface area contributed by atoms with Gasteiger partial charge < -0.3 is 10.2 Å². The second-order valence-corrected chi connectivity index (χ2v) is 11.5. The van der Waals surface area contributed by atoms with E-state index in [1.807, 2.05) is 13.0 Å². The van der Waals surface area contributed by atoms with E-state index in [9.17, 15) is 18.0 Å². The zero-order chi connectivity index (χ0) is 22.7. The Morgan fingerprint density at radius 2 is 1.97 bits per heavy atom. The summed E-state index contributed by atoms with van der Waals surface area (Å²) in [4.78, 5) is 31.7. The number of carbonyl (C=O) groups is 2. The first-order chi connectivity index (χ1) is 14.5. The van der Waals surface area contributed by atoms with Gasteiger partial charge in [-0.3, -0.25) is 9.59 Å². The van der Waals surface area contributed by atoms with Crippen LogP contribution in [0.3, 0.4) is 0 Å². The molecule has 10 heteroatoms. The lowest BCUT2D eigenvalue weighted by Gasteiger charge is -2.36. The summed E-state index contributed by atoms with van der Waals surface area (Å²) in [5, 5.41) is 3.12. The molecule has 1 aromatic heterocycles. The lowest BCUT2D eigenvalue weighted by atomic mass is 9.96. The molecule has 1 aromatic carbocycles. The summed E-state index contributed by atoms with van der Waals surface area (Å²) in [5.74, 6) is -0.0398. The normalized spacial score (nSPS) is 16.5.